The Morgan fingerprint density at radius 2 is 1.96 bits per heavy atom. The second kappa shape index (κ2) is 6.56. The lowest BCUT2D eigenvalue weighted by molar-refractivity contribution is -0.214. The number of aliphatic hydroxyl groups is 1. The predicted molar refractivity (Wildman–Crippen MR) is 101 cm³/mol. The van der Waals surface area contributed by atoms with Gasteiger partial charge < -0.3 is 19.3 Å². The lowest BCUT2D eigenvalue weighted by Gasteiger charge is -2.53. The molecule has 2 aliphatic heterocycles. The maximum Gasteiger partial charge on any atom is 0.308 e. The number of carbonyl (C=O) groups excluding carboxylic acids is 2. The molecule has 0 aromatic heterocycles. The molecule has 2 heterocycles. The summed E-state index contributed by atoms with van der Waals surface area (Å²) in [4.78, 5) is 23.6. The summed E-state index contributed by atoms with van der Waals surface area (Å²) in [7, 11) is 0. The zero-order valence-corrected chi connectivity index (χ0v) is 17.5. The molecule has 1 N–H and O–H groups in total. The van der Waals surface area contributed by atoms with E-state index in [9.17, 15) is 14.7 Å². The number of hydrogen-bond acceptors (Lipinski definition) is 6. The van der Waals surface area contributed by atoms with E-state index in [0.29, 0.717) is 0 Å². The molecule has 6 nitrogen and oxygen atoms in total. The van der Waals surface area contributed by atoms with Gasteiger partial charge in [0.2, 0.25) is 12.6 Å². The first-order valence-corrected chi connectivity index (χ1v) is 10.5. The van der Waals surface area contributed by atoms with Crippen molar-refractivity contribution in [1.29, 1.82) is 0 Å². The molecule has 4 rings (SSSR count). The quantitative estimate of drug-likeness (QED) is 0.573. The Morgan fingerprint density at radius 1 is 1.25 bits per heavy atom. The van der Waals surface area contributed by atoms with Crippen LogP contribution in [0.25, 0.3) is 0 Å². The van der Waals surface area contributed by atoms with Crippen LogP contribution in [0, 0.1) is 28.6 Å². The van der Waals surface area contributed by atoms with Gasteiger partial charge in [0.05, 0.1) is 12.5 Å². The van der Waals surface area contributed by atoms with Crippen LogP contribution in [0.2, 0.25) is 0 Å². The summed E-state index contributed by atoms with van der Waals surface area (Å²) in [5, 5.41) is 10.9. The first-order valence-electron chi connectivity index (χ1n) is 10.5. The third-order valence-corrected chi connectivity index (χ3v) is 8.00. The zero-order valence-electron chi connectivity index (χ0n) is 17.5. The van der Waals surface area contributed by atoms with Gasteiger partial charge in [-0.15, -0.1) is 0 Å². The molecule has 2 saturated heterocycles. The van der Waals surface area contributed by atoms with E-state index in [2.05, 4.69) is 27.7 Å². The van der Waals surface area contributed by atoms with Crippen molar-refractivity contribution in [1.82, 2.24) is 0 Å². The Morgan fingerprint density at radius 3 is 2.64 bits per heavy atom. The minimum atomic E-state index is -0.744. The van der Waals surface area contributed by atoms with E-state index in [-0.39, 0.29) is 41.0 Å². The molecule has 0 saturated carbocycles. The van der Waals surface area contributed by atoms with Crippen LogP contribution in [0.4, 0.5) is 0 Å². The van der Waals surface area contributed by atoms with Crippen molar-refractivity contribution in [2.75, 3.05) is 0 Å². The summed E-state index contributed by atoms with van der Waals surface area (Å²) >= 11 is 0. The summed E-state index contributed by atoms with van der Waals surface area (Å²) < 4.78 is 16.8. The highest BCUT2D eigenvalue weighted by Crippen LogP contribution is 2.61. The van der Waals surface area contributed by atoms with Gasteiger partial charge in [-0.1, -0.05) is 33.3 Å². The second-order valence-electron chi connectivity index (χ2n) is 9.97. The van der Waals surface area contributed by atoms with Gasteiger partial charge in [0.1, 0.15) is 0 Å². The smallest absolute Gasteiger partial charge is 0.308 e. The highest BCUT2D eigenvalue weighted by atomic mass is 16.8. The normalized spacial score (nSPS) is 44.7. The van der Waals surface area contributed by atoms with Crippen molar-refractivity contribution in [3.05, 3.63) is 11.1 Å². The topological polar surface area (TPSA) is 82.1 Å². The fraction of sp³-hybridized carbons (Fsp3) is 0.818. The molecule has 7 atom stereocenters. The Bertz CT molecular complexity index is 725. The first kappa shape index (κ1) is 19.9. The molecule has 0 amide bonds. The molecule has 0 unspecified atom stereocenters. The van der Waals surface area contributed by atoms with E-state index >= 15 is 0 Å². The summed E-state index contributed by atoms with van der Waals surface area (Å²) in [6.45, 7) is 10.3. The first-order chi connectivity index (χ1) is 13.0. The van der Waals surface area contributed by atoms with Crippen LogP contribution in [-0.4, -0.2) is 35.7 Å². The van der Waals surface area contributed by atoms with Crippen LogP contribution in [0.3, 0.4) is 0 Å². The molecule has 2 aliphatic carbocycles. The third kappa shape index (κ3) is 2.91. The fourth-order valence-electron chi connectivity index (χ4n) is 6.31. The number of fused-ring (bicyclic) bond motifs is 2. The number of aliphatic hydroxyl groups excluding tert-OH is 1. The number of allylic oxidation sites excluding steroid dienone is 1. The van der Waals surface area contributed by atoms with Crippen molar-refractivity contribution in [2.24, 2.45) is 28.6 Å². The monoisotopic (exact) mass is 392 g/mol. The number of hydrogen-bond donors (Lipinski definition) is 1. The molecule has 0 aromatic rings. The number of esters is 2. The Balaban J connectivity index is 1.70. The number of ether oxygens (including phenoxy) is 3. The summed E-state index contributed by atoms with van der Waals surface area (Å²) in [5.41, 5.74) is 2.47. The van der Waals surface area contributed by atoms with Gasteiger partial charge in [-0.05, 0) is 48.0 Å². The fourth-order valence-corrected chi connectivity index (χ4v) is 6.31. The van der Waals surface area contributed by atoms with Gasteiger partial charge in [-0.25, -0.2) is 0 Å². The van der Waals surface area contributed by atoms with Gasteiger partial charge >= 0.3 is 11.9 Å². The molecule has 2 bridgehead atoms. The van der Waals surface area contributed by atoms with Gasteiger partial charge in [0.25, 0.3) is 0 Å². The lowest BCUT2D eigenvalue weighted by Crippen LogP contribution is -2.51. The molecule has 4 aliphatic rings. The van der Waals surface area contributed by atoms with Crippen molar-refractivity contribution >= 4 is 11.9 Å². The standard InChI is InChI=1S/C22H32O6/c1-11-17-14(21(3,4)8-7-15(17)24)6-9-22(11,5)18-13-10-16(25)27-20(18)28-19(13)26-12(2)23/h11,13,15,18-20,24H,6-10H2,1-5H3/t11-,13-,15-,18+,19-,20-,22-/m1/s1. The van der Waals surface area contributed by atoms with E-state index in [1.807, 2.05) is 0 Å². The van der Waals surface area contributed by atoms with E-state index < -0.39 is 24.7 Å². The molecule has 28 heavy (non-hydrogen) atoms. The SMILES string of the molecule is CC(=O)O[C@@H]1O[C@H]2OC(=O)C[C@@H]1[C@@H]2[C@]1(C)CCC2=C([C@H](O)CCC2(C)C)[C@H]1C. The van der Waals surface area contributed by atoms with Crippen LogP contribution in [0.1, 0.15) is 66.7 Å². The second-order valence-corrected chi connectivity index (χ2v) is 9.97. The van der Waals surface area contributed by atoms with E-state index in [4.69, 9.17) is 14.2 Å². The van der Waals surface area contributed by atoms with Crippen LogP contribution in [-0.2, 0) is 23.8 Å². The summed E-state index contributed by atoms with van der Waals surface area (Å²) in [5.74, 6) is -0.849. The molecule has 0 radical (unpaired) electrons. The maximum atomic E-state index is 12.0. The Hall–Kier alpha value is -1.40. The molecular weight excluding hydrogens is 360 g/mol. The molecule has 0 aromatic carbocycles. The molecule has 2 fully saturated rings. The van der Waals surface area contributed by atoms with Crippen LogP contribution >= 0.6 is 0 Å². The Labute approximate surface area is 166 Å². The van der Waals surface area contributed by atoms with Gasteiger partial charge in [-0.3, -0.25) is 9.59 Å². The number of rotatable bonds is 2. The average molecular weight is 392 g/mol. The van der Waals surface area contributed by atoms with Crippen LogP contribution in [0.15, 0.2) is 11.1 Å². The van der Waals surface area contributed by atoms with Gasteiger partial charge in [0.15, 0.2) is 0 Å². The van der Waals surface area contributed by atoms with Crippen molar-refractivity contribution in [3.63, 3.8) is 0 Å². The zero-order chi connectivity index (χ0) is 20.4. The van der Waals surface area contributed by atoms with Crippen LogP contribution in [0.5, 0.6) is 0 Å². The molecule has 6 heteroatoms. The van der Waals surface area contributed by atoms with Gasteiger partial charge in [0, 0.05) is 18.8 Å². The van der Waals surface area contributed by atoms with Crippen molar-refractivity contribution in [2.45, 2.75) is 85.4 Å². The summed E-state index contributed by atoms with van der Waals surface area (Å²) in [6, 6.07) is 0. The van der Waals surface area contributed by atoms with E-state index in [1.165, 1.54) is 18.1 Å². The lowest BCUT2D eigenvalue weighted by atomic mass is 9.52. The van der Waals surface area contributed by atoms with Crippen molar-refractivity contribution < 1.29 is 28.9 Å². The molecule has 156 valence electrons. The largest absolute Gasteiger partial charge is 0.435 e. The highest BCUT2D eigenvalue weighted by molar-refractivity contribution is 5.71. The number of carbonyl (C=O) groups is 2. The average Bonchev–Trinajstić information content (AvgIpc) is 2.82. The maximum absolute atomic E-state index is 12.0. The molecular formula is C22H32O6. The molecule has 0 spiro atoms. The Kier molecular flexibility index (Phi) is 4.66. The van der Waals surface area contributed by atoms with Crippen LogP contribution < -0.4 is 0 Å². The van der Waals surface area contributed by atoms with Gasteiger partial charge in [-0.2, -0.15) is 0 Å². The highest BCUT2D eigenvalue weighted by Gasteiger charge is 2.62. The van der Waals surface area contributed by atoms with E-state index in [0.717, 1.165) is 25.7 Å². The minimum absolute atomic E-state index is 0.0594. The minimum Gasteiger partial charge on any atom is -0.435 e. The predicted octanol–water partition coefficient (Wildman–Crippen LogP) is 3.32. The third-order valence-electron chi connectivity index (χ3n) is 8.00. The summed E-state index contributed by atoms with van der Waals surface area (Å²) in [6.07, 6.45) is 2.00. The van der Waals surface area contributed by atoms with E-state index in [1.54, 1.807) is 0 Å². The van der Waals surface area contributed by atoms with Crippen molar-refractivity contribution in [3.8, 4) is 0 Å².